The van der Waals surface area contributed by atoms with Gasteiger partial charge in [0.15, 0.2) is 12.4 Å². The number of carbonyl (C=O) groups is 3. The minimum Gasteiger partial charge on any atom is -0.480 e. The molecule has 0 aliphatic heterocycles. The van der Waals surface area contributed by atoms with Crippen molar-refractivity contribution in [3.63, 3.8) is 0 Å². The van der Waals surface area contributed by atoms with E-state index in [-0.39, 0.29) is 23.8 Å². The molecule has 0 saturated heterocycles. The number of amides is 1. The lowest BCUT2D eigenvalue weighted by Crippen LogP contribution is -2.45. The molecule has 1 unspecified atom stereocenters. The van der Waals surface area contributed by atoms with Crippen LogP contribution in [0.25, 0.3) is 0 Å². The Morgan fingerprint density at radius 3 is 2.63 bits per heavy atom. The summed E-state index contributed by atoms with van der Waals surface area (Å²) in [4.78, 5) is 45.5. The highest BCUT2D eigenvalue weighted by Crippen LogP contribution is 2.25. The molecule has 0 bridgehead atoms. The third-order valence-corrected chi connectivity index (χ3v) is 4.43. The van der Waals surface area contributed by atoms with Gasteiger partial charge < -0.3 is 14.8 Å². The fourth-order valence-electron chi connectivity index (χ4n) is 2.98. The van der Waals surface area contributed by atoms with Crippen LogP contribution < -0.4 is 10.1 Å². The van der Waals surface area contributed by atoms with Gasteiger partial charge in [-0.05, 0) is 25.0 Å². The minimum atomic E-state index is -1.19. The molecule has 2 rings (SSSR count). The Kier molecular flexibility index (Phi) is 7.27. The van der Waals surface area contributed by atoms with Gasteiger partial charge in [-0.1, -0.05) is 19.3 Å². The molecule has 1 aromatic rings. The van der Waals surface area contributed by atoms with Gasteiger partial charge in [-0.2, -0.15) is 0 Å². The van der Waals surface area contributed by atoms with Crippen LogP contribution in [0.15, 0.2) is 18.2 Å². The molecule has 9 heteroatoms. The van der Waals surface area contributed by atoms with E-state index in [9.17, 15) is 24.5 Å². The van der Waals surface area contributed by atoms with Crippen molar-refractivity contribution in [1.82, 2.24) is 5.32 Å². The first kappa shape index (κ1) is 20.3. The van der Waals surface area contributed by atoms with Gasteiger partial charge in [0.25, 0.3) is 11.6 Å². The largest absolute Gasteiger partial charge is 0.480 e. The van der Waals surface area contributed by atoms with Gasteiger partial charge in [-0.3, -0.25) is 24.5 Å². The molecule has 9 nitrogen and oxygen atoms in total. The molecule has 146 valence electrons. The number of esters is 1. The Hall–Kier alpha value is -2.97. The average Bonchev–Trinajstić information content (AvgIpc) is 2.67. The number of methoxy groups -OCH3 is 1. The van der Waals surface area contributed by atoms with Crippen molar-refractivity contribution in [2.75, 3.05) is 7.11 Å². The molecule has 1 amide bonds. The van der Waals surface area contributed by atoms with Crippen LogP contribution in [-0.2, 0) is 14.3 Å². The summed E-state index contributed by atoms with van der Waals surface area (Å²) in [5, 5.41) is 13.9. The van der Waals surface area contributed by atoms with Gasteiger partial charge in [-0.25, -0.2) is 0 Å². The maximum absolute atomic E-state index is 12.6. The second kappa shape index (κ2) is 9.65. The fraction of sp³-hybridized carbons (Fsp3) is 0.500. The van der Waals surface area contributed by atoms with Crippen LogP contribution in [0.3, 0.4) is 0 Å². The van der Waals surface area contributed by atoms with E-state index in [1.807, 2.05) is 0 Å². The summed E-state index contributed by atoms with van der Waals surface area (Å²) >= 11 is 0. The molecule has 1 aromatic carbocycles. The molecule has 1 fully saturated rings. The normalized spacial score (nSPS) is 15.4. The highest BCUT2D eigenvalue weighted by atomic mass is 16.6. The molecular weight excluding hydrogens is 356 g/mol. The van der Waals surface area contributed by atoms with E-state index in [1.54, 1.807) is 0 Å². The molecule has 1 N–H and O–H groups in total. The van der Waals surface area contributed by atoms with Crippen molar-refractivity contribution >= 4 is 23.9 Å². The van der Waals surface area contributed by atoms with Crippen LogP contribution in [-0.4, -0.2) is 42.3 Å². The smallest absolute Gasteiger partial charge is 0.309 e. The van der Waals surface area contributed by atoms with Crippen molar-refractivity contribution in [1.29, 1.82) is 0 Å². The number of nitro groups is 1. The second-order valence-electron chi connectivity index (χ2n) is 6.33. The highest BCUT2D eigenvalue weighted by Gasteiger charge is 2.28. The van der Waals surface area contributed by atoms with Crippen molar-refractivity contribution < 1.29 is 28.8 Å². The van der Waals surface area contributed by atoms with Crippen LogP contribution in [0.2, 0.25) is 0 Å². The number of aldehydes is 1. The van der Waals surface area contributed by atoms with Gasteiger partial charge in [0, 0.05) is 6.04 Å². The van der Waals surface area contributed by atoms with Crippen molar-refractivity contribution in [3.8, 4) is 5.75 Å². The number of carbonyl (C=O) groups excluding carboxylic acids is 3. The standard InChI is InChI=1S/C18H22N2O7/c1-26-17(22)10-16(18(23)19-13-5-3-2-4-6-13)27-14-8-7-12(11-21)15(9-14)20(24)25/h7-9,11,13,16H,2-6,10H2,1H3,(H,19,23). The number of benzene rings is 1. The predicted molar refractivity (Wildman–Crippen MR) is 94.5 cm³/mol. The third-order valence-electron chi connectivity index (χ3n) is 4.43. The van der Waals surface area contributed by atoms with Gasteiger partial charge in [0.05, 0.1) is 30.1 Å². The van der Waals surface area contributed by atoms with Crippen molar-refractivity contribution in [2.24, 2.45) is 0 Å². The summed E-state index contributed by atoms with van der Waals surface area (Å²) in [5.74, 6) is -1.10. The van der Waals surface area contributed by atoms with Crippen LogP contribution in [0.5, 0.6) is 5.75 Å². The van der Waals surface area contributed by atoms with E-state index >= 15 is 0 Å². The van der Waals surface area contributed by atoms with Crippen LogP contribution >= 0.6 is 0 Å². The lowest BCUT2D eigenvalue weighted by molar-refractivity contribution is -0.385. The number of rotatable bonds is 8. The van der Waals surface area contributed by atoms with Gasteiger partial charge in [0.2, 0.25) is 0 Å². The van der Waals surface area contributed by atoms with Gasteiger partial charge in [-0.15, -0.1) is 0 Å². The lowest BCUT2D eigenvalue weighted by Gasteiger charge is -2.25. The maximum atomic E-state index is 12.6. The molecule has 0 heterocycles. The quantitative estimate of drug-likeness (QED) is 0.318. The zero-order valence-corrected chi connectivity index (χ0v) is 15.0. The number of nitrogens with zero attached hydrogens (tertiary/aromatic N) is 1. The summed E-state index contributed by atoms with van der Waals surface area (Å²) in [5.41, 5.74) is -0.546. The SMILES string of the molecule is COC(=O)CC(Oc1ccc(C=O)c([N+](=O)[O-])c1)C(=O)NC1CCCCC1. The van der Waals surface area contributed by atoms with E-state index < -0.39 is 28.6 Å². The number of ether oxygens (including phenoxy) is 2. The molecular formula is C18H22N2O7. The first-order valence-corrected chi connectivity index (χ1v) is 8.72. The van der Waals surface area contributed by atoms with Crippen molar-refractivity contribution in [3.05, 3.63) is 33.9 Å². The fourth-order valence-corrected chi connectivity index (χ4v) is 2.98. The van der Waals surface area contributed by atoms with Gasteiger partial charge >= 0.3 is 5.97 Å². The number of nitrogens with one attached hydrogen (secondary N) is 1. The summed E-state index contributed by atoms with van der Waals surface area (Å²) in [6.45, 7) is 0. The van der Waals surface area contributed by atoms with Crippen LogP contribution in [0.4, 0.5) is 5.69 Å². The molecule has 0 aromatic heterocycles. The first-order valence-electron chi connectivity index (χ1n) is 8.72. The van der Waals surface area contributed by atoms with E-state index in [0.717, 1.165) is 38.2 Å². The summed E-state index contributed by atoms with van der Waals surface area (Å²) in [6, 6.07) is 3.65. The molecule has 1 aliphatic carbocycles. The predicted octanol–water partition coefficient (Wildman–Crippen LogP) is 2.17. The zero-order valence-electron chi connectivity index (χ0n) is 15.0. The van der Waals surface area contributed by atoms with E-state index in [4.69, 9.17) is 4.74 Å². The summed E-state index contributed by atoms with van der Waals surface area (Å²) in [7, 11) is 1.20. The van der Waals surface area contributed by atoms with Gasteiger partial charge in [0.1, 0.15) is 5.75 Å². The zero-order chi connectivity index (χ0) is 19.8. The molecule has 1 aliphatic rings. The Morgan fingerprint density at radius 2 is 2.04 bits per heavy atom. The van der Waals surface area contributed by atoms with E-state index in [2.05, 4.69) is 10.1 Å². The first-order chi connectivity index (χ1) is 12.9. The Bertz CT molecular complexity index is 714. The minimum absolute atomic E-state index is 0.0139. The van der Waals surface area contributed by atoms with Crippen molar-refractivity contribution in [2.45, 2.75) is 50.7 Å². The molecule has 0 radical (unpaired) electrons. The maximum Gasteiger partial charge on any atom is 0.309 e. The Balaban J connectivity index is 2.17. The van der Waals surface area contributed by atoms with E-state index in [1.165, 1.54) is 19.2 Å². The molecule has 0 spiro atoms. The molecule has 27 heavy (non-hydrogen) atoms. The number of hydrogen-bond donors (Lipinski definition) is 1. The van der Waals surface area contributed by atoms with Crippen LogP contribution in [0, 0.1) is 10.1 Å². The number of nitro benzene ring substituents is 1. The summed E-state index contributed by atoms with van der Waals surface area (Å²) in [6.07, 6.45) is 3.72. The molecule has 1 saturated carbocycles. The highest BCUT2D eigenvalue weighted by molar-refractivity contribution is 5.86. The second-order valence-corrected chi connectivity index (χ2v) is 6.33. The Morgan fingerprint density at radius 1 is 1.33 bits per heavy atom. The summed E-state index contributed by atoms with van der Waals surface area (Å²) < 4.78 is 10.2. The molecule has 1 atom stereocenters. The lowest BCUT2D eigenvalue weighted by atomic mass is 9.95. The third kappa shape index (κ3) is 5.77. The number of hydrogen-bond acceptors (Lipinski definition) is 7. The average molecular weight is 378 g/mol. The van der Waals surface area contributed by atoms with E-state index in [0.29, 0.717) is 6.29 Å². The topological polar surface area (TPSA) is 125 Å². The monoisotopic (exact) mass is 378 g/mol. The Labute approximate surface area is 156 Å². The van der Waals surface area contributed by atoms with Crippen LogP contribution in [0.1, 0.15) is 48.9 Å².